The minimum atomic E-state index is -1.94. The summed E-state index contributed by atoms with van der Waals surface area (Å²) in [5.74, 6) is -0.396. The number of carbonyl (C=O) groups is 2. The Bertz CT molecular complexity index is 1100. The van der Waals surface area contributed by atoms with Gasteiger partial charge in [-0.3, -0.25) is 9.59 Å². The van der Waals surface area contributed by atoms with Crippen LogP contribution in [0.5, 0.6) is 0 Å². The molecule has 2 heterocycles. The van der Waals surface area contributed by atoms with E-state index < -0.39 is 11.5 Å². The van der Waals surface area contributed by atoms with Gasteiger partial charge in [-0.05, 0) is 37.1 Å². The summed E-state index contributed by atoms with van der Waals surface area (Å²) in [5.41, 5.74) is 0.911. The smallest absolute Gasteiger partial charge is 0.264 e. The molecule has 0 saturated carbocycles. The summed E-state index contributed by atoms with van der Waals surface area (Å²) in [6.07, 6.45) is 1.14. The quantitative estimate of drug-likeness (QED) is 0.627. The van der Waals surface area contributed by atoms with E-state index in [2.05, 4.69) is 0 Å². The third-order valence-corrected chi connectivity index (χ3v) is 5.75. The largest absolute Gasteiger partial charge is 0.469 e. The molecule has 1 aromatic heterocycles. The number of hydrogen-bond donors (Lipinski definition) is 1. The van der Waals surface area contributed by atoms with E-state index in [0.717, 1.165) is 5.56 Å². The summed E-state index contributed by atoms with van der Waals surface area (Å²) >= 11 is 6.27. The zero-order chi connectivity index (χ0) is 20.8. The molecule has 0 fully saturated rings. The minimum absolute atomic E-state index is 0.204. The van der Waals surface area contributed by atoms with E-state index in [1.807, 2.05) is 18.2 Å². The van der Waals surface area contributed by atoms with Gasteiger partial charge in [-0.15, -0.1) is 0 Å². The third kappa shape index (κ3) is 3.16. The number of carbonyl (C=O) groups excluding carboxylic acids is 2. The first-order valence-corrected chi connectivity index (χ1v) is 9.66. The van der Waals surface area contributed by atoms with Crippen LogP contribution in [-0.2, 0) is 16.9 Å². The third-order valence-electron chi connectivity index (χ3n) is 5.38. The van der Waals surface area contributed by atoms with E-state index in [1.165, 1.54) is 11.2 Å². The molecular formula is C23H20ClNO4. The highest BCUT2D eigenvalue weighted by atomic mass is 35.5. The van der Waals surface area contributed by atoms with Crippen LogP contribution < -0.4 is 4.90 Å². The summed E-state index contributed by atoms with van der Waals surface area (Å²) in [6.45, 7) is 3.66. The number of halogens is 1. The number of Topliss-reactive ketones (excluding diaryl/α,β-unsaturated/α-hetero) is 1. The maximum Gasteiger partial charge on any atom is 0.264 e. The molecule has 1 aliphatic rings. The van der Waals surface area contributed by atoms with Crippen LogP contribution >= 0.6 is 11.6 Å². The van der Waals surface area contributed by atoms with Crippen LogP contribution in [-0.4, -0.2) is 16.8 Å². The summed E-state index contributed by atoms with van der Waals surface area (Å²) in [5, 5.41) is 11.9. The molecule has 1 atom stereocenters. The Hall–Kier alpha value is -2.89. The molecule has 1 amide bonds. The summed E-state index contributed by atoms with van der Waals surface area (Å²) < 4.78 is 5.31. The number of aliphatic hydroxyl groups is 1. The fourth-order valence-corrected chi connectivity index (χ4v) is 4.14. The van der Waals surface area contributed by atoms with Crippen LogP contribution in [0.2, 0.25) is 5.02 Å². The van der Waals surface area contributed by atoms with Crippen molar-refractivity contribution in [2.45, 2.75) is 32.4 Å². The topological polar surface area (TPSA) is 70.7 Å². The Morgan fingerprint density at radius 3 is 2.52 bits per heavy atom. The second-order valence-electron chi connectivity index (χ2n) is 7.31. The number of amides is 1. The number of ketones is 1. The van der Waals surface area contributed by atoms with Crippen molar-refractivity contribution >= 4 is 29.0 Å². The SMILES string of the molecule is Cc1coc(C)c1C(=O)C[C@@]1(O)C(=O)N(Cc2ccccc2Cl)c2ccccc21. The zero-order valence-electron chi connectivity index (χ0n) is 16.1. The molecule has 6 heteroatoms. The molecule has 4 rings (SSSR count). The summed E-state index contributed by atoms with van der Waals surface area (Å²) in [4.78, 5) is 27.8. The Balaban J connectivity index is 1.72. The monoisotopic (exact) mass is 409 g/mol. The normalized spacial score (nSPS) is 18.2. The molecule has 29 heavy (non-hydrogen) atoms. The van der Waals surface area contributed by atoms with Gasteiger partial charge in [0.2, 0.25) is 0 Å². The number of benzene rings is 2. The van der Waals surface area contributed by atoms with Crippen LogP contribution in [0.25, 0.3) is 0 Å². The van der Waals surface area contributed by atoms with Gasteiger partial charge in [0.25, 0.3) is 5.91 Å². The average molecular weight is 410 g/mol. The molecule has 0 spiro atoms. The van der Waals surface area contributed by atoms with Gasteiger partial charge in [-0.1, -0.05) is 48.0 Å². The lowest BCUT2D eigenvalue weighted by molar-refractivity contribution is -0.136. The Labute approximate surface area is 173 Å². The highest BCUT2D eigenvalue weighted by Crippen LogP contribution is 2.44. The predicted octanol–water partition coefficient (Wildman–Crippen LogP) is 4.56. The van der Waals surface area contributed by atoms with Gasteiger partial charge >= 0.3 is 0 Å². The average Bonchev–Trinajstić information content (AvgIpc) is 3.13. The lowest BCUT2D eigenvalue weighted by Crippen LogP contribution is -2.41. The van der Waals surface area contributed by atoms with E-state index in [-0.39, 0.29) is 18.7 Å². The van der Waals surface area contributed by atoms with Gasteiger partial charge < -0.3 is 14.4 Å². The van der Waals surface area contributed by atoms with Crippen molar-refractivity contribution in [1.29, 1.82) is 0 Å². The molecule has 1 N–H and O–H groups in total. The summed E-state index contributed by atoms with van der Waals surface area (Å²) in [6, 6.07) is 14.2. The van der Waals surface area contributed by atoms with Crippen LogP contribution in [0.15, 0.2) is 59.2 Å². The fourth-order valence-electron chi connectivity index (χ4n) is 3.94. The van der Waals surface area contributed by atoms with E-state index in [4.69, 9.17) is 16.0 Å². The second-order valence-corrected chi connectivity index (χ2v) is 7.72. The van der Waals surface area contributed by atoms with Gasteiger partial charge in [-0.2, -0.15) is 0 Å². The van der Waals surface area contributed by atoms with Crippen molar-refractivity contribution in [1.82, 2.24) is 0 Å². The predicted molar refractivity (Wildman–Crippen MR) is 110 cm³/mol. The molecule has 1 aliphatic heterocycles. The Morgan fingerprint density at radius 1 is 1.14 bits per heavy atom. The van der Waals surface area contributed by atoms with Gasteiger partial charge in [0, 0.05) is 10.6 Å². The first kappa shape index (κ1) is 19.4. The number of furan rings is 1. The summed E-state index contributed by atoms with van der Waals surface area (Å²) in [7, 11) is 0. The fraction of sp³-hybridized carbons (Fsp3) is 0.217. The van der Waals surface area contributed by atoms with Crippen LogP contribution in [0, 0.1) is 13.8 Å². The highest BCUT2D eigenvalue weighted by Gasteiger charge is 2.51. The van der Waals surface area contributed by atoms with Crippen molar-refractivity contribution in [2.75, 3.05) is 4.90 Å². The number of rotatable bonds is 5. The minimum Gasteiger partial charge on any atom is -0.469 e. The molecule has 5 nitrogen and oxygen atoms in total. The number of hydrogen-bond acceptors (Lipinski definition) is 4. The molecule has 0 saturated heterocycles. The number of nitrogens with zero attached hydrogens (tertiary/aromatic N) is 1. The maximum atomic E-state index is 13.3. The van der Waals surface area contributed by atoms with Crippen LogP contribution in [0.1, 0.15) is 39.2 Å². The lowest BCUT2D eigenvalue weighted by atomic mass is 9.87. The van der Waals surface area contributed by atoms with Crippen molar-refractivity contribution in [2.24, 2.45) is 0 Å². The molecule has 2 aromatic carbocycles. The van der Waals surface area contributed by atoms with E-state index >= 15 is 0 Å². The van der Waals surface area contributed by atoms with Gasteiger partial charge in [0.05, 0.1) is 30.5 Å². The second kappa shape index (κ2) is 7.17. The van der Waals surface area contributed by atoms with Crippen LogP contribution in [0.3, 0.4) is 0 Å². The Kier molecular flexibility index (Phi) is 4.81. The number of para-hydroxylation sites is 1. The van der Waals surface area contributed by atoms with Crippen molar-refractivity contribution in [3.05, 3.63) is 87.8 Å². The highest BCUT2D eigenvalue weighted by molar-refractivity contribution is 6.31. The zero-order valence-corrected chi connectivity index (χ0v) is 16.9. The molecule has 3 aromatic rings. The van der Waals surface area contributed by atoms with Crippen molar-refractivity contribution < 1.29 is 19.1 Å². The molecular weight excluding hydrogens is 390 g/mol. The van der Waals surface area contributed by atoms with Gasteiger partial charge in [-0.25, -0.2) is 0 Å². The van der Waals surface area contributed by atoms with E-state index in [9.17, 15) is 14.7 Å². The molecule has 0 aliphatic carbocycles. The van der Waals surface area contributed by atoms with Gasteiger partial charge in [0.15, 0.2) is 11.4 Å². The molecule has 0 radical (unpaired) electrons. The lowest BCUT2D eigenvalue weighted by Gasteiger charge is -2.23. The first-order valence-electron chi connectivity index (χ1n) is 9.28. The molecule has 0 bridgehead atoms. The molecule has 0 unspecified atom stereocenters. The van der Waals surface area contributed by atoms with E-state index in [1.54, 1.807) is 44.2 Å². The number of anilines is 1. The number of fused-ring (bicyclic) bond motifs is 1. The molecule has 148 valence electrons. The van der Waals surface area contributed by atoms with E-state index in [0.29, 0.717) is 33.2 Å². The Morgan fingerprint density at radius 2 is 1.83 bits per heavy atom. The first-order chi connectivity index (χ1) is 13.8. The maximum absolute atomic E-state index is 13.3. The van der Waals surface area contributed by atoms with Crippen molar-refractivity contribution in [3.63, 3.8) is 0 Å². The standard InChI is InChI=1S/C23H20ClNO4/c1-14-13-29-15(2)21(14)20(26)11-23(28)17-8-4-6-10-19(17)25(22(23)27)12-16-7-3-5-9-18(16)24/h3-10,13,28H,11-12H2,1-2H3/t23-/m0/s1. The number of aryl methyl sites for hydroxylation is 2. The van der Waals surface area contributed by atoms with Crippen LogP contribution in [0.4, 0.5) is 5.69 Å². The van der Waals surface area contributed by atoms with Gasteiger partial charge in [0.1, 0.15) is 5.76 Å². The van der Waals surface area contributed by atoms with Crippen molar-refractivity contribution in [3.8, 4) is 0 Å².